The van der Waals surface area contributed by atoms with Crippen molar-refractivity contribution < 1.29 is 37.0 Å². The fourth-order valence-corrected chi connectivity index (χ4v) is 3.33. The van der Waals surface area contributed by atoms with Crippen LogP contribution in [0.1, 0.15) is 46.5 Å². The summed E-state index contributed by atoms with van der Waals surface area (Å²) in [5, 5.41) is 0. The molecule has 1 atom stereocenters. The van der Waals surface area contributed by atoms with E-state index in [1.165, 1.54) is 11.6 Å². The number of hydrogen-bond acceptors (Lipinski definition) is 4. The van der Waals surface area contributed by atoms with E-state index in [0.717, 1.165) is 17.6 Å². The van der Waals surface area contributed by atoms with Gasteiger partial charge in [-0.25, -0.2) is 13.5 Å². The van der Waals surface area contributed by atoms with Crippen molar-refractivity contribution in [3.63, 3.8) is 0 Å². The number of hydrogen-bond donors (Lipinski definition) is 3. The fraction of sp³-hybridized carbons (Fsp3) is 0.600. The van der Waals surface area contributed by atoms with E-state index in [2.05, 4.69) is 14.9 Å². The summed E-state index contributed by atoms with van der Waals surface area (Å²) < 4.78 is 42.7. The van der Waals surface area contributed by atoms with Crippen LogP contribution in [0.5, 0.6) is 0 Å². The summed E-state index contributed by atoms with van der Waals surface area (Å²) >= 11 is 0. The lowest BCUT2D eigenvalue weighted by Crippen LogP contribution is -1.94. The van der Waals surface area contributed by atoms with Gasteiger partial charge in [0.2, 0.25) is 0 Å². The summed E-state index contributed by atoms with van der Waals surface area (Å²) in [5.74, 6) is 0. The maximum atomic E-state index is 12.9. The van der Waals surface area contributed by atoms with Gasteiger partial charge >= 0.3 is 15.6 Å². The Morgan fingerprint density at radius 3 is 2.12 bits per heavy atom. The van der Waals surface area contributed by atoms with Crippen LogP contribution < -0.4 is 0 Å². The lowest BCUT2D eigenvalue weighted by atomic mass is 10.1. The quantitative estimate of drug-likeness (QED) is 0.325. The lowest BCUT2D eigenvalue weighted by molar-refractivity contribution is 0.191. The number of halogens is 1. The fourth-order valence-electron chi connectivity index (χ4n) is 1.81. The third kappa shape index (κ3) is 15.4. The number of phosphoric acid groups is 2. The summed E-state index contributed by atoms with van der Waals surface area (Å²) in [7, 11) is -9.92. The van der Waals surface area contributed by atoms with Crippen molar-refractivity contribution in [1.29, 1.82) is 0 Å². The van der Waals surface area contributed by atoms with Gasteiger partial charge in [-0.3, -0.25) is 4.52 Å². The normalized spacial score (nSPS) is 15.8. The second-order valence-corrected chi connectivity index (χ2v) is 8.57. The Morgan fingerprint density at radius 1 is 1.00 bits per heavy atom. The summed E-state index contributed by atoms with van der Waals surface area (Å²) in [4.78, 5) is 26.0. The zero-order valence-electron chi connectivity index (χ0n) is 14.7. The first kappa shape index (κ1) is 24.4. The Bertz CT molecular complexity index is 589. The van der Waals surface area contributed by atoms with E-state index in [1.807, 2.05) is 19.9 Å². The van der Waals surface area contributed by atoms with Crippen LogP contribution in [-0.2, 0) is 18.0 Å². The van der Waals surface area contributed by atoms with Crippen molar-refractivity contribution >= 4 is 15.6 Å². The van der Waals surface area contributed by atoms with E-state index >= 15 is 0 Å². The molecule has 0 spiro atoms. The number of alkyl halides is 1. The van der Waals surface area contributed by atoms with Gasteiger partial charge in [-0.2, -0.15) is 4.31 Å². The van der Waals surface area contributed by atoms with Gasteiger partial charge in [-0.15, -0.1) is 0 Å². The highest BCUT2D eigenvalue weighted by Gasteiger charge is 2.31. The van der Waals surface area contributed by atoms with Crippen LogP contribution in [0.15, 0.2) is 34.9 Å². The predicted molar refractivity (Wildman–Crippen MR) is 94.6 cm³/mol. The summed E-state index contributed by atoms with van der Waals surface area (Å²) in [6.07, 6.45) is 8.08. The summed E-state index contributed by atoms with van der Waals surface area (Å²) in [5.41, 5.74) is 2.76. The third-order valence-corrected chi connectivity index (χ3v) is 5.19. The van der Waals surface area contributed by atoms with Crippen molar-refractivity contribution in [1.82, 2.24) is 0 Å². The molecule has 0 aromatic carbocycles. The minimum atomic E-state index is -5.11. The van der Waals surface area contributed by atoms with E-state index in [9.17, 15) is 13.5 Å². The Morgan fingerprint density at radius 2 is 1.60 bits per heavy atom. The molecule has 0 fully saturated rings. The second-order valence-electron chi connectivity index (χ2n) is 5.74. The minimum Gasteiger partial charge on any atom is -0.302 e. The molecule has 0 bridgehead atoms. The molecule has 0 rings (SSSR count). The zero-order chi connectivity index (χ0) is 19.5. The molecular formula is C15H27FO7P2. The lowest BCUT2D eigenvalue weighted by Gasteiger charge is -2.11. The smallest absolute Gasteiger partial charge is 0.302 e. The van der Waals surface area contributed by atoms with Crippen LogP contribution in [0.4, 0.5) is 4.39 Å². The molecule has 0 saturated heterocycles. The maximum absolute atomic E-state index is 12.9. The summed E-state index contributed by atoms with van der Waals surface area (Å²) in [6, 6.07) is 0. The van der Waals surface area contributed by atoms with Gasteiger partial charge in [-0.05, 0) is 52.0 Å². The van der Waals surface area contributed by atoms with Crippen molar-refractivity contribution in [3.8, 4) is 0 Å². The Labute approximate surface area is 148 Å². The molecule has 0 saturated carbocycles. The molecule has 0 aliphatic carbocycles. The van der Waals surface area contributed by atoms with Gasteiger partial charge in [0.05, 0.1) is 6.61 Å². The van der Waals surface area contributed by atoms with Gasteiger partial charge in [-0.1, -0.05) is 29.4 Å². The molecule has 146 valence electrons. The van der Waals surface area contributed by atoms with Crippen LogP contribution in [0.3, 0.4) is 0 Å². The Kier molecular flexibility index (Phi) is 11.6. The topological polar surface area (TPSA) is 113 Å². The van der Waals surface area contributed by atoms with Crippen molar-refractivity contribution in [3.05, 3.63) is 34.9 Å². The molecule has 1 unspecified atom stereocenters. The Balaban J connectivity index is 4.31. The molecular weight excluding hydrogens is 373 g/mol. The van der Waals surface area contributed by atoms with Gasteiger partial charge < -0.3 is 14.7 Å². The Hall–Kier alpha value is -0.590. The van der Waals surface area contributed by atoms with E-state index in [1.54, 1.807) is 6.92 Å². The van der Waals surface area contributed by atoms with Gasteiger partial charge in [0.15, 0.2) is 0 Å². The zero-order valence-corrected chi connectivity index (χ0v) is 16.5. The molecule has 0 amide bonds. The van der Waals surface area contributed by atoms with E-state index in [-0.39, 0.29) is 6.61 Å². The van der Waals surface area contributed by atoms with Gasteiger partial charge in [0.25, 0.3) is 0 Å². The van der Waals surface area contributed by atoms with Crippen LogP contribution in [0.25, 0.3) is 0 Å². The van der Waals surface area contributed by atoms with Crippen LogP contribution >= 0.6 is 15.6 Å². The first-order chi connectivity index (χ1) is 11.4. The molecule has 0 aliphatic heterocycles. The molecule has 3 N–H and O–H groups in total. The van der Waals surface area contributed by atoms with Crippen LogP contribution in [-0.4, -0.2) is 28.0 Å². The molecule has 0 aliphatic rings. The van der Waals surface area contributed by atoms with Crippen LogP contribution in [0.2, 0.25) is 0 Å². The highest BCUT2D eigenvalue weighted by molar-refractivity contribution is 7.60. The maximum Gasteiger partial charge on any atom is 0.481 e. The largest absolute Gasteiger partial charge is 0.481 e. The molecule has 0 aromatic rings. The standard InChI is InChI=1S/C15H27FO7P2/c1-13(2)6-4-8-15(12-16)9-5-7-14(3)10-11-22-25(20,21)23-24(17,18)19/h6,9-10H,4-5,7-8,11-12H2,1-3H3,(H,20,21)(H2,17,18,19)/b14-10+,15-9-. The van der Waals surface area contributed by atoms with Gasteiger partial charge in [0, 0.05) is 0 Å². The van der Waals surface area contributed by atoms with Crippen LogP contribution in [0, 0.1) is 0 Å². The highest BCUT2D eigenvalue weighted by Crippen LogP contribution is 2.57. The van der Waals surface area contributed by atoms with Crippen molar-refractivity contribution in [2.45, 2.75) is 46.5 Å². The second kappa shape index (κ2) is 11.9. The average molecular weight is 400 g/mol. The molecule has 25 heavy (non-hydrogen) atoms. The molecule has 0 heterocycles. The summed E-state index contributed by atoms with van der Waals surface area (Å²) in [6.45, 7) is 4.92. The first-order valence-corrected chi connectivity index (χ1v) is 10.7. The first-order valence-electron chi connectivity index (χ1n) is 7.72. The number of rotatable bonds is 12. The third-order valence-electron chi connectivity index (χ3n) is 3.04. The van der Waals surface area contributed by atoms with Crippen molar-refractivity contribution in [2.75, 3.05) is 13.3 Å². The van der Waals surface area contributed by atoms with E-state index in [4.69, 9.17) is 14.7 Å². The SMILES string of the molecule is CC(C)=CCC/C(=C/CC/C(C)=C/COP(=O)(O)OP(=O)(O)O)CF. The molecule has 10 heteroatoms. The molecule has 7 nitrogen and oxygen atoms in total. The average Bonchev–Trinajstić information content (AvgIpc) is 2.42. The number of allylic oxidation sites excluding steroid dienone is 5. The highest BCUT2D eigenvalue weighted by atomic mass is 31.3. The van der Waals surface area contributed by atoms with E-state index in [0.29, 0.717) is 19.3 Å². The van der Waals surface area contributed by atoms with E-state index < -0.39 is 22.3 Å². The monoisotopic (exact) mass is 400 g/mol. The molecule has 0 radical (unpaired) electrons. The molecule has 0 aromatic heterocycles. The number of phosphoric ester groups is 1. The van der Waals surface area contributed by atoms with Crippen molar-refractivity contribution in [2.24, 2.45) is 0 Å². The van der Waals surface area contributed by atoms with Gasteiger partial charge in [0.1, 0.15) is 6.67 Å². The minimum absolute atomic E-state index is 0.333. The predicted octanol–water partition coefficient (Wildman–Crippen LogP) is 4.58.